The second kappa shape index (κ2) is 11.7. The number of benzene rings is 1. The maximum atomic E-state index is 12.6. The second-order valence-corrected chi connectivity index (χ2v) is 8.29. The third kappa shape index (κ3) is 9.70. The highest BCUT2D eigenvalue weighted by Crippen LogP contribution is 2.18. The molecule has 0 radical (unpaired) electrons. The maximum Gasteiger partial charge on any atom is 0.241 e. The molecule has 150 valence electrons. The van der Waals surface area contributed by atoms with Crippen molar-refractivity contribution in [1.29, 1.82) is 0 Å². The van der Waals surface area contributed by atoms with Gasteiger partial charge in [0.25, 0.3) is 0 Å². The van der Waals surface area contributed by atoms with Crippen LogP contribution in [0.25, 0.3) is 0 Å². The average Bonchev–Trinajstić information content (AvgIpc) is 2.50. The van der Waals surface area contributed by atoms with Crippen LogP contribution in [0.4, 0.5) is 0 Å². The summed E-state index contributed by atoms with van der Waals surface area (Å²) in [5.74, 6) is 0.285. The van der Waals surface area contributed by atoms with E-state index in [2.05, 4.69) is 15.0 Å². The number of nitrogens with zero attached hydrogens (tertiary/aromatic N) is 1. The third-order valence-electron chi connectivity index (χ3n) is 3.10. The average molecular weight is 498 g/mol. The van der Waals surface area contributed by atoms with Gasteiger partial charge in [0.2, 0.25) is 10.0 Å². The zero-order valence-corrected chi connectivity index (χ0v) is 19.1. The molecular formula is C17H31IN4O3S. The number of ether oxygens (including phenoxy) is 1. The fraction of sp³-hybridized carbons (Fsp3) is 0.588. The van der Waals surface area contributed by atoms with Crippen LogP contribution in [-0.4, -0.2) is 39.7 Å². The summed E-state index contributed by atoms with van der Waals surface area (Å²) in [6.07, 6.45) is 0.824. The van der Waals surface area contributed by atoms with Crippen molar-refractivity contribution in [3.05, 3.63) is 29.8 Å². The van der Waals surface area contributed by atoms with E-state index < -0.39 is 15.6 Å². The van der Waals surface area contributed by atoms with Gasteiger partial charge in [-0.15, -0.1) is 24.0 Å². The van der Waals surface area contributed by atoms with E-state index in [1.54, 1.807) is 45.0 Å². The number of sulfonamides is 1. The highest BCUT2D eigenvalue weighted by atomic mass is 127. The van der Waals surface area contributed by atoms with E-state index in [0.29, 0.717) is 25.3 Å². The van der Waals surface area contributed by atoms with Gasteiger partial charge < -0.3 is 15.8 Å². The molecule has 0 aliphatic heterocycles. The number of aliphatic imine (C=N–C) groups is 1. The molecule has 0 aromatic heterocycles. The van der Waals surface area contributed by atoms with Gasteiger partial charge in [0.05, 0.1) is 11.4 Å². The molecule has 1 rings (SSSR count). The molecule has 0 saturated heterocycles. The van der Waals surface area contributed by atoms with Crippen LogP contribution in [-0.2, 0) is 21.3 Å². The summed E-state index contributed by atoms with van der Waals surface area (Å²) >= 11 is 0. The molecule has 1 aromatic rings. The minimum atomic E-state index is -3.62. The molecule has 0 bridgehead atoms. The van der Waals surface area contributed by atoms with Gasteiger partial charge in [-0.1, -0.05) is 18.2 Å². The molecule has 0 aliphatic rings. The lowest BCUT2D eigenvalue weighted by atomic mass is 10.1. The molecule has 1 aromatic carbocycles. The standard InChI is InChI=1S/C17H30N4O3S.HI/c1-5-24-12-8-11-19-16(18)20-13-14-9-6-7-10-15(14)25(22,23)21-17(2,3)4;/h6-7,9-10,21H,5,8,11-13H2,1-4H3,(H3,18,19,20);1H. The molecule has 0 unspecified atom stereocenters. The van der Waals surface area contributed by atoms with Crippen molar-refractivity contribution in [1.82, 2.24) is 10.0 Å². The number of halogens is 1. The van der Waals surface area contributed by atoms with Crippen LogP contribution in [0.3, 0.4) is 0 Å². The van der Waals surface area contributed by atoms with E-state index >= 15 is 0 Å². The Bertz CT molecular complexity index is 673. The lowest BCUT2D eigenvalue weighted by Gasteiger charge is -2.21. The zero-order chi connectivity index (χ0) is 18.9. The molecule has 0 aliphatic carbocycles. The number of hydrogen-bond donors (Lipinski definition) is 3. The normalized spacial score (nSPS) is 12.5. The van der Waals surface area contributed by atoms with Gasteiger partial charge in [-0.05, 0) is 45.7 Å². The Labute approximate surface area is 174 Å². The molecule has 26 heavy (non-hydrogen) atoms. The van der Waals surface area contributed by atoms with Crippen molar-refractivity contribution < 1.29 is 13.2 Å². The van der Waals surface area contributed by atoms with Crippen molar-refractivity contribution >= 4 is 40.0 Å². The van der Waals surface area contributed by atoms with Crippen molar-refractivity contribution in [2.75, 3.05) is 19.8 Å². The first-order valence-corrected chi connectivity index (χ1v) is 9.87. The molecule has 9 heteroatoms. The first kappa shape index (κ1) is 25.1. The molecule has 0 heterocycles. The molecule has 0 spiro atoms. The van der Waals surface area contributed by atoms with Crippen LogP contribution in [0.15, 0.2) is 34.2 Å². The van der Waals surface area contributed by atoms with E-state index in [9.17, 15) is 8.42 Å². The minimum Gasteiger partial charge on any atom is -0.382 e. The van der Waals surface area contributed by atoms with E-state index in [4.69, 9.17) is 10.5 Å². The summed E-state index contributed by atoms with van der Waals surface area (Å²) in [6.45, 7) is 9.55. The number of rotatable bonds is 9. The lowest BCUT2D eigenvalue weighted by molar-refractivity contribution is 0.145. The molecule has 0 saturated carbocycles. The predicted molar refractivity (Wildman–Crippen MR) is 116 cm³/mol. The Morgan fingerprint density at radius 3 is 2.54 bits per heavy atom. The molecule has 0 amide bonds. The van der Waals surface area contributed by atoms with Gasteiger partial charge in [-0.3, -0.25) is 0 Å². The summed E-state index contributed by atoms with van der Waals surface area (Å²) in [6, 6.07) is 6.79. The highest BCUT2D eigenvalue weighted by molar-refractivity contribution is 14.0. The largest absolute Gasteiger partial charge is 0.382 e. The number of guanidine groups is 1. The van der Waals surface area contributed by atoms with Crippen LogP contribution < -0.4 is 15.8 Å². The summed E-state index contributed by atoms with van der Waals surface area (Å²) in [4.78, 5) is 4.45. The molecular weight excluding hydrogens is 467 g/mol. The van der Waals surface area contributed by atoms with Gasteiger partial charge in [0.15, 0.2) is 5.96 Å². The maximum absolute atomic E-state index is 12.6. The summed E-state index contributed by atoms with van der Waals surface area (Å²) in [7, 11) is -3.62. The fourth-order valence-corrected chi connectivity index (χ4v) is 3.77. The second-order valence-electron chi connectivity index (χ2n) is 6.64. The topological polar surface area (TPSA) is 106 Å². The molecule has 0 fully saturated rings. The van der Waals surface area contributed by atoms with Gasteiger partial charge in [-0.25, -0.2) is 18.1 Å². The van der Waals surface area contributed by atoms with Crippen molar-refractivity contribution in [3.8, 4) is 0 Å². The third-order valence-corrected chi connectivity index (χ3v) is 4.96. The van der Waals surface area contributed by atoms with E-state index in [-0.39, 0.29) is 41.4 Å². The number of hydrogen-bond acceptors (Lipinski definition) is 4. The van der Waals surface area contributed by atoms with Crippen LogP contribution in [0, 0.1) is 0 Å². The van der Waals surface area contributed by atoms with Crippen LogP contribution >= 0.6 is 24.0 Å². The molecule has 0 atom stereocenters. The van der Waals surface area contributed by atoms with E-state index in [1.807, 2.05) is 6.92 Å². The van der Waals surface area contributed by atoms with Gasteiger partial charge >= 0.3 is 0 Å². The highest BCUT2D eigenvalue weighted by Gasteiger charge is 2.24. The van der Waals surface area contributed by atoms with E-state index in [0.717, 1.165) is 6.42 Å². The summed E-state index contributed by atoms with van der Waals surface area (Å²) in [5, 5.41) is 2.99. The Morgan fingerprint density at radius 2 is 1.92 bits per heavy atom. The number of nitrogens with two attached hydrogens (primary N) is 1. The van der Waals surface area contributed by atoms with Crippen molar-refractivity contribution in [2.45, 2.75) is 51.1 Å². The van der Waals surface area contributed by atoms with Gasteiger partial charge in [0, 0.05) is 25.3 Å². The van der Waals surface area contributed by atoms with Gasteiger partial charge in [0.1, 0.15) is 0 Å². The van der Waals surface area contributed by atoms with Crippen LogP contribution in [0.2, 0.25) is 0 Å². The minimum absolute atomic E-state index is 0. The van der Waals surface area contributed by atoms with Crippen LogP contribution in [0.1, 0.15) is 39.7 Å². The Hall–Kier alpha value is -0.910. The zero-order valence-electron chi connectivity index (χ0n) is 15.9. The van der Waals surface area contributed by atoms with E-state index in [1.165, 1.54) is 0 Å². The first-order chi connectivity index (χ1) is 11.7. The van der Waals surface area contributed by atoms with Crippen molar-refractivity contribution in [2.24, 2.45) is 10.7 Å². The SMILES string of the molecule is CCOCCCNC(N)=NCc1ccccc1S(=O)(=O)NC(C)(C)C.I. The quantitative estimate of drug-likeness (QED) is 0.210. The summed E-state index contributed by atoms with van der Waals surface area (Å²) < 4.78 is 33.0. The first-order valence-electron chi connectivity index (χ1n) is 8.39. The van der Waals surface area contributed by atoms with Crippen molar-refractivity contribution in [3.63, 3.8) is 0 Å². The Kier molecular flexibility index (Phi) is 11.3. The van der Waals surface area contributed by atoms with Crippen LogP contribution in [0.5, 0.6) is 0 Å². The lowest BCUT2D eigenvalue weighted by Crippen LogP contribution is -2.40. The Morgan fingerprint density at radius 1 is 1.27 bits per heavy atom. The number of nitrogens with one attached hydrogen (secondary N) is 2. The molecule has 7 nitrogen and oxygen atoms in total. The summed E-state index contributed by atoms with van der Waals surface area (Å²) in [5.41, 5.74) is 5.87. The smallest absolute Gasteiger partial charge is 0.241 e. The fourth-order valence-electron chi connectivity index (χ4n) is 2.12. The monoisotopic (exact) mass is 498 g/mol. The Balaban J connectivity index is 0.00000625. The predicted octanol–water partition coefficient (Wildman–Crippen LogP) is 2.21. The molecule has 4 N–H and O–H groups in total. The van der Waals surface area contributed by atoms with Gasteiger partial charge in [-0.2, -0.15) is 0 Å².